The Bertz CT molecular complexity index is 1650. The van der Waals surface area contributed by atoms with E-state index < -0.39 is 59.7 Å². The number of hydrogen-bond donors (Lipinski definition) is 8. The molecule has 0 unspecified atom stereocenters. The Hall–Kier alpha value is -5.61. The van der Waals surface area contributed by atoms with Crippen molar-refractivity contribution in [2.45, 2.75) is 95.4 Å². The molecule has 2 aromatic carbocycles. The monoisotopic (exact) mass is 775 g/mol. The predicted octanol–water partition coefficient (Wildman–Crippen LogP) is 0.287. The van der Waals surface area contributed by atoms with E-state index in [0.29, 0.717) is 51.7 Å². The highest BCUT2D eigenvalue weighted by Crippen LogP contribution is 2.15. The average molecular weight is 776 g/mol. The largest absolute Gasteiger partial charge is 0.351 e. The van der Waals surface area contributed by atoms with E-state index in [1.54, 1.807) is 4.90 Å². The molecule has 56 heavy (non-hydrogen) atoms. The van der Waals surface area contributed by atoms with E-state index in [-0.39, 0.29) is 37.1 Å². The number of hydrogen-bond acceptors (Lipinski definition) is 9. The van der Waals surface area contributed by atoms with E-state index in [9.17, 15) is 33.6 Å². The smallest absolute Gasteiger partial charge is 0.319 e. The lowest BCUT2D eigenvalue weighted by Gasteiger charge is -2.35. The van der Waals surface area contributed by atoms with Gasteiger partial charge in [-0.05, 0) is 68.5 Å². The van der Waals surface area contributed by atoms with Gasteiger partial charge in [0.05, 0.1) is 6.04 Å². The molecule has 0 spiro atoms. The van der Waals surface area contributed by atoms with Crippen LogP contribution in [0.3, 0.4) is 0 Å². The van der Waals surface area contributed by atoms with Gasteiger partial charge in [-0.25, -0.2) is 4.79 Å². The van der Waals surface area contributed by atoms with Crippen LogP contribution >= 0.6 is 0 Å². The van der Waals surface area contributed by atoms with Gasteiger partial charge in [0, 0.05) is 37.7 Å². The van der Waals surface area contributed by atoms with Crippen LogP contribution in [0, 0.1) is 5.92 Å². The number of likely N-dealkylation sites (tertiary alicyclic amines) is 1. The first kappa shape index (κ1) is 44.8. The summed E-state index contributed by atoms with van der Waals surface area (Å²) in [5.74, 6) is -3.27. The summed E-state index contributed by atoms with van der Waals surface area (Å²) >= 11 is 0. The molecule has 1 aliphatic heterocycles. The van der Waals surface area contributed by atoms with Crippen molar-refractivity contribution in [2.24, 2.45) is 23.1 Å². The number of carbonyl (C=O) groups is 7. The van der Waals surface area contributed by atoms with Gasteiger partial charge in [0.2, 0.25) is 29.5 Å². The van der Waals surface area contributed by atoms with E-state index in [0.717, 1.165) is 23.3 Å². The molecule has 16 heteroatoms. The van der Waals surface area contributed by atoms with Gasteiger partial charge in [-0.3, -0.25) is 34.1 Å². The SMILES string of the molecule is CC(C)C[C@@H](NC(=O)[C@@H](Cc1ccccc1)NC(=O)[C@H](N)Cc1ccccc1)C(=O)N[C@H](CCCCN)C(=O)N1CCC(NC(=O)/C=C\C(=O)NC(N)=O)CC1. The van der Waals surface area contributed by atoms with E-state index in [1.807, 2.05) is 79.8 Å². The van der Waals surface area contributed by atoms with Crippen molar-refractivity contribution in [1.82, 2.24) is 31.5 Å². The van der Waals surface area contributed by atoms with Gasteiger partial charge < -0.3 is 43.4 Å². The lowest BCUT2D eigenvalue weighted by molar-refractivity contribution is -0.139. The first-order valence-corrected chi connectivity index (χ1v) is 19.1. The molecule has 1 heterocycles. The summed E-state index contributed by atoms with van der Waals surface area (Å²) in [4.78, 5) is 91.4. The molecule has 3 rings (SSSR count). The van der Waals surface area contributed by atoms with Crippen LogP contribution in [0.4, 0.5) is 4.79 Å². The molecule has 0 aromatic heterocycles. The maximum absolute atomic E-state index is 14.0. The highest BCUT2D eigenvalue weighted by molar-refractivity contribution is 6.03. The number of primary amides is 1. The maximum Gasteiger partial charge on any atom is 0.319 e. The number of carbonyl (C=O) groups excluding carboxylic acids is 7. The average Bonchev–Trinajstić information content (AvgIpc) is 3.16. The Kier molecular flexibility index (Phi) is 18.7. The molecule has 0 aliphatic carbocycles. The quantitative estimate of drug-likeness (QED) is 0.0678. The normalized spacial score (nSPS) is 15.3. The third-order valence-electron chi connectivity index (χ3n) is 9.24. The fourth-order valence-electron chi connectivity index (χ4n) is 6.32. The second-order valence-corrected chi connectivity index (χ2v) is 14.4. The van der Waals surface area contributed by atoms with Crippen LogP contribution in [-0.4, -0.2) is 96.2 Å². The number of unbranched alkanes of at least 4 members (excludes halogenated alkanes) is 1. The zero-order valence-electron chi connectivity index (χ0n) is 32.2. The van der Waals surface area contributed by atoms with Gasteiger partial charge in [-0.2, -0.15) is 0 Å². The van der Waals surface area contributed by atoms with Crippen molar-refractivity contribution in [3.05, 3.63) is 83.9 Å². The summed E-state index contributed by atoms with van der Waals surface area (Å²) in [6, 6.07) is 13.3. The topological polar surface area (TPSA) is 261 Å². The molecule has 0 radical (unpaired) electrons. The van der Waals surface area contributed by atoms with Crippen LogP contribution in [0.2, 0.25) is 0 Å². The fourth-order valence-corrected chi connectivity index (χ4v) is 6.32. The highest BCUT2D eigenvalue weighted by Gasteiger charge is 2.33. The Morgan fingerprint density at radius 3 is 1.84 bits per heavy atom. The number of imide groups is 1. The van der Waals surface area contributed by atoms with E-state index in [2.05, 4.69) is 21.3 Å². The maximum atomic E-state index is 14.0. The lowest BCUT2D eigenvalue weighted by atomic mass is 9.99. The highest BCUT2D eigenvalue weighted by atomic mass is 16.2. The van der Waals surface area contributed by atoms with Crippen molar-refractivity contribution in [3.8, 4) is 0 Å². The van der Waals surface area contributed by atoms with Crippen LogP contribution in [0.1, 0.15) is 63.5 Å². The van der Waals surface area contributed by atoms with Crippen LogP contribution in [0.5, 0.6) is 0 Å². The molecule has 8 amide bonds. The Morgan fingerprint density at radius 1 is 0.732 bits per heavy atom. The molecule has 1 aliphatic rings. The van der Waals surface area contributed by atoms with Crippen LogP contribution in [-0.2, 0) is 41.6 Å². The molecule has 1 fully saturated rings. The number of benzene rings is 2. The van der Waals surface area contributed by atoms with Gasteiger partial charge in [-0.1, -0.05) is 74.5 Å². The minimum Gasteiger partial charge on any atom is -0.351 e. The van der Waals surface area contributed by atoms with Crippen molar-refractivity contribution >= 4 is 41.5 Å². The molecule has 0 saturated carbocycles. The minimum atomic E-state index is -1.04. The summed E-state index contributed by atoms with van der Waals surface area (Å²) in [5.41, 5.74) is 18.6. The second-order valence-electron chi connectivity index (χ2n) is 14.4. The van der Waals surface area contributed by atoms with Gasteiger partial charge in [0.15, 0.2) is 0 Å². The zero-order chi connectivity index (χ0) is 41.0. The number of urea groups is 1. The minimum absolute atomic E-state index is 0.0134. The van der Waals surface area contributed by atoms with Gasteiger partial charge >= 0.3 is 6.03 Å². The lowest BCUT2D eigenvalue weighted by Crippen LogP contribution is -2.59. The molecular formula is C40H57N9O7. The summed E-state index contributed by atoms with van der Waals surface area (Å²) in [6.45, 7) is 4.85. The van der Waals surface area contributed by atoms with Gasteiger partial charge in [0.25, 0.3) is 5.91 Å². The van der Waals surface area contributed by atoms with E-state index in [4.69, 9.17) is 17.2 Å². The first-order valence-electron chi connectivity index (χ1n) is 19.1. The predicted molar refractivity (Wildman–Crippen MR) is 211 cm³/mol. The standard InChI is InChI=1S/C40H57N9O7/c1-26(2)23-32(47-38(54)33(25-28-13-7-4-8-14-28)46-36(52)30(42)24-27-11-5-3-6-12-27)37(53)45-31(15-9-10-20-41)39(55)49-21-18-29(19-22-49)44-34(50)16-17-35(51)48-40(43)56/h3-8,11-14,16-17,26,29-33H,9-10,15,18-25,41-42H2,1-2H3,(H,44,50)(H,45,53)(H,46,52)(H,47,54)(H3,43,48,51,56)/b17-16-/t30-,31-,32-,33-/m1/s1. The molecular weight excluding hydrogens is 718 g/mol. The third-order valence-corrected chi connectivity index (χ3v) is 9.24. The molecule has 16 nitrogen and oxygen atoms in total. The first-order chi connectivity index (χ1) is 26.7. The Labute approximate surface area is 328 Å². The van der Waals surface area contributed by atoms with Crippen LogP contribution in [0.15, 0.2) is 72.8 Å². The summed E-state index contributed by atoms with van der Waals surface area (Å²) in [6.07, 6.45) is 4.97. The summed E-state index contributed by atoms with van der Waals surface area (Å²) in [7, 11) is 0. The van der Waals surface area contributed by atoms with Gasteiger partial charge in [-0.15, -0.1) is 0 Å². The van der Waals surface area contributed by atoms with Crippen molar-refractivity contribution in [3.63, 3.8) is 0 Å². The summed E-state index contributed by atoms with van der Waals surface area (Å²) in [5, 5.41) is 13.2. The van der Waals surface area contributed by atoms with Crippen molar-refractivity contribution in [2.75, 3.05) is 19.6 Å². The fraction of sp³-hybridized carbons (Fsp3) is 0.475. The number of nitrogens with zero attached hydrogens (tertiary/aromatic N) is 1. The molecule has 1 saturated heterocycles. The molecule has 2 aromatic rings. The van der Waals surface area contributed by atoms with E-state index in [1.165, 1.54) is 0 Å². The number of nitrogens with one attached hydrogen (secondary N) is 5. The zero-order valence-corrected chi connectivity index (χ0v) is 32.2. The van der Waals surface area contributed by atoms with Crippen LogP contribution in [0.25, 0.3) is 0 Å². The van der Waals surface area contributed by atoms with Crippen molar-refractivity contribution < 1.29 is 33.6 Å². The molecule has 4 atom stereocenters. The molecule has 11 N–H and O–H groups in total. The molecule has 304 valence electrons. The number of piperidine rings is 1. The Morgan fingerprint density at radius 2 is 1.27 bits per heavy atom. The van der Waals surface area contributed by atoms with Gasteiger partial charge in [0.1, 0.15) is 18.1 Å². The third kappa shape index (κ3) is 16.0. The molecule has 0 bridgehead atoms. The Balaban J connectivity index is 1.70. The van der Waals surface area contributed by atoms with Crippen molar-refractivity contribution in [1.29, 1.82) is 0 Å². The van der Waals surface area contributed by atoms with E-state index >= 15 is 0 Å². The second kappa shape index (κ2) is 23.3. The number of amides is 8. The number of nitrogens with two attached hydrogens (primary N) is 3. The summed E-state index contributed by atoms with van der Waals surface area (Å²) < 4.78 is 0. The number of rotatable bonds is 20. The van der Waals surface area contributed by atoms with Crippen LogP contribution < -0.4 is 43.8 Å².